The number of piperidine rings is 1. The van der Waals surface area contributed by atoms with Crippen LogP contribution in [0.15, 0.2) is 0 Å². The zero-order chi connectivity index (χ0) is 17.6. The van der Waals surface area contributed by atoms with E-state index in [0.717, 1.165) is 31.8 Å². The third kappa shape index (κ3) is 6.98. The van der Waals surface area contributed by atoms with E-state index in [4.69, 9.17) is 0 Å². The fraction of sp³-hybridized carbons (Fsp3) is 0.947. The van der Waals surface area contributed by atoms with Crippen LogP contribution in [0.3, 0.4) is 0 Å². The van der Waals surface area contributed by atoms with Crippen molar-refractivity contribution < 1.29 is 9.90 Å². The second-order valence-corrected chi connectivity index (χ2v) is 8.77. The van der Waals surface area contributed by atoms with Crippen LogP contribution in [0.25, 0.3) is 0 Å². The van der Waals surface area contributed by atoms with Crippen molar-refractivity contribution in [1.82, 2.24) is 15.5 Å². The minimum Gasteiger partial charge on any atom is -0.393 e. The highest BCUT2D eigenvalue weighted by Crippen LogP contribution is 2.26. The first-order valence-corrected chi connectivity index (χ1v) is 9.79. The zero-order valence-corrected chi connectivity index (χ0v) is 15.8. The Morgan fingerprint density at radius 1 is 1.21 bits per heavy atom. The van der Waals surface area contributed by atoms with Crippen molar-refractivity contribution in [3.8, 4) is 0 Å². The molecule has 1 aliphatic heterocycles. The lowest BCUT2D eigenvalue weighted by molar-refractivity contribution is 0.128. The first-order valence-electron chi connectivity index (χ1n) is 9.79. The van der Waals surface area contributed by atoms with Gasteiger partial charge in [-0.2, -0.15) is 0 Å². The van der Waals surface area contributed by atoms with Crippen molar-refractivity contribution in [2.24, 2.45) is 11.3 Å². The van der Waals surface area contributed by atoms with Crippen molar-refractivity contribution in [3.05, 3.63) is 0 Å². The van der Waals surface area contributed by atoms with Gasteiger partial charge in [-0.05, 0) is 50.4 Å². The molecule has 0 aromatic carbocycles. The third-order valence-corrected chi connectivity index (χ3v) is 5.49. The lowest BCUT2D eigenvalue weighted by Gasteiger charge is -2.34. The van der Waals surface area contributed by atoms with Crippen molar-refractivity contribution in [1.29, 1.82) is 0 Å². The van der Waals surface area contributed by atoms with E-state index in [1.807, 2.05) is 0 Å². The number of aliphatic hydroxyl groups excluding tert-OH is 1. The summed E-state index contributed by atoms with van der Waals surface area (Å²) in [6.07, 6.45) is 8.09. The molecule has 0 unspecified atom stereocenters. The minimum absolute atomic E-state index is 0.0667. The number of hydrogen-bond donors (Lipinski definition) is 3. The summed E-state index contributed by atoms with van der Waals surface area (Å²) in [6.45, 7) is 9.99. The summed E-state index contributed by atoms with van der Waals surface area (Å²) in [5.41, 5.74) is -0.0871. The average Bonchev–Trinajstić information content (AvgIpc) is 2.99. The molecule has 2 fully saturated rings. The summed E-state index contributed by atoms with van der Waals surface area (Å²) in [5, 5.41) is 15.6. The molecule has 1 aliphatic carbocycles. The van der Waals surface area contributed by atoms with Crippen LogP contribution in [0.2, 0.25) is 0 Å². The molecule has 0 aromatic heterocycles. The van der Waals surface area contributed by atoms with Crippen LogP contribution in [-0.2, 0) is 0 Å². The van der Waals surface area contributed by atoms with Crippen LogP contribution in [0.4, 0.5) is 4.79 Å². The van der Waals surface area contributed by atoms with Crippen molar-refractivity contribution in [2.75, 3.05) is 26.2 Å². The largest absolute Gasteiger partial charge is 0.393 e. The minimum atomic E-state index is -0.339. The van der Waals surface area contributed by atoms with E-state index >= 15 is 0 Å². The van der Waals surface area contributed by atoms with Gasteiger partial charge in [-0.3, -0.25) is 0 Å². The van der Waals surface area contributed by atoms with Crippen molar-refractivity contribution >= 4 is 6.03 Å². The highest BCUT2D eigenvalue weighted by Gasteiger charge is 2.25. The Morgan fingerprint density at radius 3 is 2.42 bits per heavy atom. The normalized spacial score (nSPS) is 22.5. The average molecular weight is 340 g/mol. The highest BCUT2D eigenvalue weighted by atomic mass is 16.3. The molecule has 2 rings (SSSR count). The summed E-state index contributed by atoms with van der Waals surface area (Å²) < 4.78 is 0. The molecular formula is C19H37N3O2. The molecule has 2 aliphatic rings. The number of carbonyl (C=O) groups excluding carboxylic acids is 1. The maximum atomic E-state index is 12.1. The van der Waals surface area contributed by atoms with Gasteiger partial charge in [-0.1, -0.05) is 26.7 Å². The molecule has 1 heterocycles. The van der Waals surface area contributed by atoms with Crippen LogP contribution < -0.4 is 10.6 Å². The Hall–Kier alpha value is -0.810. The van der Waals surface area contributed by atoms with Crippen LogP contribution in [0.5, 0.6) is 0 Å². The maximum absolute atomic E-state index is 12.1. The summed E-state index contributed by atoms with van der Waals surface area (Å²) in [5.74, 6) is 0.911. The van der Waals surface area contributed by atoms with Crippen LogP contribution in [0.1, 0.15) is 65.7 Å². The molecule has 5 heteroatoms. The van der Waals surface area contributed by atoms with E-state index in [2.05, 4.69) is 29.4 Å². The second-order valence-electron chi connectivity index (χ2n) is 8.77. The zero-order valence-electron chi connectivity index (χ0n) is 15.8. The third-order valence-electron chi connectivity index (χ3n) is 5.49. The molecule has 24 heavy (non-hydrogen) atoms. The second kappa shape index (κ2) is 9.04. The van der Waals surface area contributed by atoms with E-state index in [-0.39, 0.29) is 17.6 Å². The molecule has 0 aromatic rings. The molecular weight excluding hydrogens is 302 g/mol. The van der Waals surface area contributed by atoms with Gasteiger partial charge in [0.15, 0.2) is 0 Å². The fourth-order valence-electron chi connectivity index (χ4n) is 4.25. The number of urea groups is 1. The predicted octanol–water partition coefficient (Wildman–Crippen LogP) is 2.74. The number of nitrogens with one attached hydrogen (secondary N) is 2. The van der Waals surface area contributed by atoms with Gasteiger partial charge in [0.2, 0.25) is 0 Å². The molecule has 0 radical (unpaired) electrons. The van der Waals surface area contributed by atoms with Gasteiger partial charge in [0.25, 0.3) is 0 Å². The lowest BCUT2D eigenvalue weighted by atomic mass is 9.87. The summed E-state index contributed by atoms with van der Waals surface area (Å²) >= 11 is 0. The molecule has 140 valence electrons. The van der Waals surface area contributed by atoms with Gasteiger partial charge < -0.3 is 20.6 Å². The first-order chi connectivity index (χ1) is 11.3. The van der Waals surface area contributed by atoms with Gasteiger partial charge in [-0.25, -0.2) is 4.79 Å². The molecule has 3 N–H and O–H groups in total. The van der Waals surface area contributed by atoms with Crippen molar-refractivity contribution in [3.63, 3.8) is 0 Å². The van der Waals surface area contributed by atoms with Crippen LogP contribution in [0, 0.1) is 11.3 Å². The van der Waals surface area contributed by atoms with E-state index in [0.29, 0.717) is 19.0 Å². The molecule has 2 amide bonds. The van der Waals surface area contributed by atoms with E-state index in [9.17, 15) is 9.90 Å². The Bertz CT molecular complexity index is 384. The van der Waals surface area contributed by atoms with E-state index in [1.54, 1.807) is 6.92 Å². The molecule has 5 nitrogen and oxygen atoms in total. The molecule has 1 saturated heterocycles. The number of carbonyl (C=O) groups is 1. The topological polar surface area (TPSA) is 64.6 Å². The number of rotatable bonds is 7. The molecule has 1 saturated carbocycles. The Labute approximate surface area is 147 Å². The summed E-state index contributed by atoms with van der Waals surface area (Å²) in [4.78, 5) is 14.7. The van der Waals surface area contributed by atoms with Gasteiger partial charge in [0.05, 0.1) is 6.10 Å². The smallest absolute Gasteiger partial charge is 0.315 e. The summed E-state index contributed by atoms with van der Waals surface area (Å²) in [7, 11) is 0. The Kier molecular flexibility index (Phi) is 7.35. The standard InChI is InChI=1S/C19H37N3O2/c1-15(23)12-19(2,3)14-20-18(24)21-17-8-10-22(11-9-17)13-16-6-4-5-7-16/h15-17,23H,4-14H2,1-3H3,(H2,20,21,24)/t15-/m0/s1. The van der Waals surface area contributed by atoms with Gasteiger partial charge in [-0.15, -0.1) is 0 Å². The number of likely N-dealkylation sites (tertiary alicyclic amines) is 1. The lowest BCUT2D eigenvalue weighted by Crippen LogP contribution is -2.49. The monoisotopic (exact) mass is 339 g/mol. The quantitative estimate of drug-likeness (QED) is 0.668. The molecule has 1 atom stereocenters. The predicted molar refractivity (Wildman–Crippen MR) is 98.0 cm³/mol. The first kappa shape index (κ1) is 19.5. The van der Waals surface area contributed by atoms with Crippen LogP contribution in [-0.4, -0.2) is 54.4 Å². The van der Waals surface area contributed by atoms with Crippen molar-refractivity contribution in [2.45, 2.75) is 77.9 Å². The van der Waals surface area contributed by atoms with Gasteiger partial charge in [0, 0.05) is 32.2 Å². The fourth-order valence-corrected chi connectivity index (χ4v) is 4.25. The number of aliphatic hydroxyl groups is 1. The van der Waals surface area contributed by atoms with E-state index < -0.39 is 0 Å². The summed E-state index contributed by atoms with van der Waals surface area (Å²) in [6, 6.07) is 0.229. The Morgan fingerprint density at radius 2 is 1.83 bits per heavy atom. The van der Waals surface area contributed by atoms with Gasteiger partial charge >= 0.3 is 6.03 Å². The van der Waals surface area contributed by atoms with Crippen LogP contribution >= 0.6 is 0 Å². The number of hydrogen-bond acceptors (Lipinski definition) is 3. The molecule has 0 bridgehead atoms. The SMILES string of the molecule is C[C@H](O)CC(C)(C)CNC(=O)NC1CCN(CC2CCCC2)CC1. The van der Waals surface area contributed by atoms with E-state index in [1.165, 1.54) is 32.2 Å². The maximum Gasteiger partial charge on any atom is 0.315 e. The Balaban J connectivity index is 1.61. The number of nitrogens with zero attached hydrogens (tertiary/aromatic N) is 1. The highest BCUT2D eigenvalue weighted by molar-refractivity contribution is 5.74. The molecule has 0 spiro atoms. The number of amides is 2. The van der Waals surface area contributed by atoms with Gasteiger partial charge in [0.1, 0.15) is 0 Å².